The van der Waals surface area contributed by atoms with Gasteiger partial charge in [0.25, 0.3) is 0 Å². The topological polar surface area (TPSA) is 48.6 Å². The van der Waals surface area contributed by atoms with E-state index in [-0.39, 0.29) is 5.69 Å². The molecule has 3 nitrogen and oxygen atoms in total. The second kappa shape index (κ2) is 4.98. The number of H-pyrrole nitrogens is 2. The number of fused-ring (bicyclic) bond motifs is 1. The Morgan fingerprint density at radius 3 is 2.41 bits per heavy atom. The number of benzene rings is 1. The lowest BCUT2D eigenvalue weighted by atomic mass is 10.0. The maximum atomic E-state index is 11.2. The Bertz CT molecular complexity index is 586. The largest absolute Gasteiger partial charge is 0.323 e. The van der Waals surface area contributed by atoms with E-state index >= 15 is 0 Å². The Morgan fingerprint density at radius 2 is 1.82 bits per heavy atom. The van der Waals surface area contributed by atoms with E-state index in [1.54, 1.807) is 0 Å². The molecule has 1 unspecified atom stereocenters. The lowest BCUT2D eigenvalue weighted by molar-refractivity contribution is 0.583. The standard InChI is InChI=1S/C12H14Br2N2O/c1-6(2)3-8(13)7-4-10-11(5-9(7)14)16-12(17)15-10/h4-6,8H,3H2,1-2H3,(H2,15,16,17). The van der Waals surface area contributed by atoms with E-state index < -0.39 is 0 Å². The predicted octanol–water partition coefficient (Wildman–Crippen LogP) is 4.10. The Kier molecular flexibility index (Phi) is 3.78. The summed E-state index contributed by atoms with van der Waals surface area (Å²) in [6, 6.07) is 3.95. The average Bonchev–Trinajstić information content (AvgIpc) is 2.54. The van der Waals surface area contributed by atoms with Crippen molar-refractivity contribution in [3.8, 4) is 0 Å². The van der Waals surface area contributed by atoms with Gasteiger partial charge < -0.3 is 9.97 Å². The van der Waals surface area contributed by atoms with Gasteiger partial charge in [0.2, 0.25) is 0 Å². The van der Waals surface area contributed by atoms with Gasteiger partial charge in [0.05, 0.1) is 11.0 Å². The molecule has 0 radical (unpaired) electrons. The van der Waals surface area contributed by atoms with E-state index in [1.807, 2.05) is 12.1 Å². The van der Waals surface area contributed by atoms with E-state index in [4.69, 9.17) is 0 Å². The summed E-state index contributed by atoms with van der Waals surface area (Å²) in [5.74, 6) is 0.618. The van der Waals surface area contributed by atoms with Crippen LogP contribution in [0.5, 0.6) is 0 Å². The molecule has 0 aliphatic carbocycles. The average molecular weight is 362 g/mol. The summed E-state index contributed by atoms with van der Waals surface area (Å²) < 4.78 is 1.02. The molecule has 1 atom stereocenters. The number of aromatic amines is 2. The molecule has 2 N–H and O–H groups in total. The third kappa shape index (κ3) is 2.83. The van der Waals surface area contributed by atoms with E-state index in [1.165, 1.54) is 5.56 Å². The SMILES string of the molecule is CC(C)CC(Br)c1cc2[nH]c(=O)[nH]c2cc1Br. The van der Waals surface area contributed by atoms with Crippen molar-refractivity contribution in [3.63, 3.8) is 0 Å². The molecule has 0 fully saturated rings. The second-order valence-corrected chi connectivity index (χ2v) is 6.56. The summed E-state index contributed by atoms with van der Waals surface area (Å²) in [5.41, 5.74) is 2.68. The monoisotopic (exact) mass is 360 g/mol. The Hall–Kier alpha value is -0.550. The molecule has 0 saturated carbocycles. The van der Waals surface area contributed by atoms with E-state index in [0.29, 0.717) is 10.7 Å². The third-order valence-electron chi connectivity index (χ3n) is 2.65. The zero-order valence-corrected chi connectivity index (χ0v) is 12.9. The van der Waals surface area contributed by atoms with Crippen LogP contribution in [0.3, 0.4) is 0 Å². The molecular formula is C12H14Br2N2O. The van der Waals surface area contributed by atoms with Crippen LogP contribution in [0.15, 0.2) is 21.4 Å². The molecule has 0 spiro atoms. The van der Waals surface area contributed by atoms with Crippen molar-refractivity contribution in [2.45, 2.75) is 25.1 Å². The van der Waals surface area contributed by atoms with Gasteiger partial charge in [0, 0.05) is 9.30 Å². The van der Waals surface area contributed by atoms with Gasteiger partial charge >= 0.3 is 5.69 Å². The fourth-order valence-corrected chi connectivity index (χ4v) is 3.91. The highest BCUT2D eigenvalue weighted by molar-refractivity contribution is 9.11. The van der Waals surface area contributed by atoms with Crippen LogP contribution in [0.2, 0.25) is 0 Å². The summed E-state index contributed by atoms with van der Waals surface area (Å²) in [6.45, 7) is 4.39. The van der Waals surface area contributed by atoms with Gasteiger partial charge in [-0.2, -0.15) is 0 Å². The highest BCUT2D eigenvalue weighted by atomic mass is 79.9. The van der Waals surface area contributed by atoms with Crippen LogP contribution in [0.1, 0.15) is 30.7 Å². The first kappa shape index (κ1) is 12.9. The van der Waals surface area contributed by atoms with Crippen molar-refractivity contribution in [3.05, 3.63) is 32.7 Å². The smallest absolute Gasteiger partial charge is 0.306 e. The molecule has 2 aromatic rings. The number of hydrogen-bond donors (Lipinski definition) is 2. The molecule has 1 heterocycles. The molecule has 92 valence electrons. The van der Waals surface area contributed by atoms with Gasteiger partial charge in [-0.05, 0) is 30.0 Å². The second-order valence-electron chi connectivity index (χ2n) is 4.60. The van der Waals surface area contributed by atoms with Crippen LogP contribution in [0.4, 0.5) is 0 Å². The van der Waals surface area contributed by atoms with Crippen LogP contribution in [0.25, 0.3) is 11.0 Å². The van der Waals surface area contributed by atoms with Gasteiger partial charge in [-0.1, -0.05) is 45.7 Å². The highest BCUT2D eigenvalue weighted by Crippen LogP contribution is 2.36. The van der Waals surface area contributed by atoms with Crippen LogP contribution < -0.4 is 5.69 Å². The zero-order chi connectivity index (χ0) is 12.6. The van der Waals surface area contributed by atoms with Crippen molar-refractivity contribution in [1.29, 1.82) is 0 Å². The van der Waals surface area contributed by atoms with Crippen molar-refractivity contribution in [2.75, 3.05) is 0 Å². The first-order chi connectivity index (χ1) is 7.97. The molecule has 0 saturated heterocycles. The van der Waals surface area contributed by atoms with Gasteiger partial charge in [0.15, 0.2) is 0 Å². The fourth-order valence-electron chi connectivity index (χ4n) is 1.85. The first-order valence-corrected chi connectivity index (χ1v) is 7.23. The number of nitrogens with one attached hydrogen (secondary N) is 2. The van der Waals surface area contributed by atoms with E-state index in [0.717, 1.165) is 21.9 Å². The van der Waals surface area contributed by atoms with Gasteiger partial charge in [-0.25, -0.2) is 4.79 Å². The molecule has 0 amide bonds. The van der Waals surface area contributed by atoms with Crippen molar-refractivity contribution in [1.82, 2.24) is 9.97 Å². The Morgan fingerprint density at radius 1 is 1.24 bits per heavy atom. The van der Waals surface area contributed by atoms with Crippen LogP contribution in [-0.4, -0.2) is 9.97 Å². The summed E-state index contributed by atoms with van der Waals surface area (Å²) in [7, 11) is 0. The van der Waals surface area contributed by atoms with Crippen molar-refractivity contribution in [2.24, 2.45) is 5.92 Å². The quantitative estimate of drug-likeness (QED) is 0.794. The van der Waals surface area contributed by atoms with Crippen LogP contribution in [-0.2, 0) is 0 Å². The summed E-state index contributed by atoms with van der Waals surface area (Å²) in [4.78, 5) is 17.0. The number of alkyl halides is 1. The molecule has 1 aromatic carbocycles. The molecule has 17 heavy (non-hydrogen) atoms. The molecule has 0 aliphatic heterocycles. The minimum Gasteiger partial charge on any atom is -0.306 e. The normalized spacial score (nSPS) is 13.5. The van der Waals surface area contributed by atoms with Gasteiger partial charge in [0.1, 0.15) is 0 Å². The zero-order valence-electron chi connectivity index (χ0n) is 9.68. The van der Waals surface area contributed by atoms with Crippen LogP contribution in [0, 0.1) is 5.92 Å². The summed E-state index contributed by atoms with van der Waals surface area (Å²) in [5, 5.41) is 0. The number of aromatic nitrogens is 2. The summed E-state index contributed by atoms with van der Waals surface area (Å²) >= 11 is 7.25. The fraction of sp³-hybridized carbons (Fsp3) is 0.417. The van der Waals surface area contributed by atoms with Gasteiger partial charge in [-0.15, -0.1) is 0 Å². The molecule has 1 aromatic heterocycles. The minimum atomic E-state index is -0.168. The maximum absolute atomic E-state index is 11.2. The molecule has 0 aliphatic rings. The lowest BCUT2D eigenvalue weighted by Crippen LogP contribution is -1.99. The molecular weight excluding hydrogens is 348 g/mol. The molecule has 2 rings (SSSR count). The predicted molar refractivity (Wildman–Crippen MR) is 77.7 cm³/mol. The van der Waals surface area contributed by atoms with Crippen molar-refractivity contribution < 1.29 is 0 Å². The van der Waals surface area contributed by atoms with Crippen molar-refractivity contribution >= 4 is 42.9 Å². The maximum Gasteiger partial charge on any atom is 0.323 e. The Labute approximate surface area is 116 Å². The van der Waals surface area contributed by atoms with E-state index in [9.17, 15) is 4.79 Å². The number of halogens is 2. The third-order valence-corrected chi connectivity index (χ3v) is 4.20. The summed E-state index contributed by atoms with van der Waals surface area (Å²) in [6.07, 6.45) is 1.05. The number of imidazole rings is 1. The lowest BCUT2D eigenvalue weighted by Gasteiger charge is -2.14. The van der Waals surface area contributed by atoms with Gasteiger partial charge in [-0.3, -0.25) is 0 Å². The molecule has 0 bridgehead atoms. The number of rotatable bonds is 3. The van der Waals surface area contributed by atoms with E-state index in [2.05, 4.69) is 55.7 Å². The highest BCUT2D eigenvalue weighted by Gasteiger charge is 2.14. The first-order valence-electron chi connectivity index (χ1n) is 5.53. The Balaban J connectivity index is 2.46. The molecule has 5 heteroatoms. The number of hydrogen-bond acceptors (Lipinski definition) is 1. The van der Waals surface area contributed by atoms with Crippen LogP contribution >= 0.6 is 31.9 Å². The minimum absolute atomic E-state index is 0.168.